The molecule has 0 saturated heterocycles. The van der Waals surface area contributed by atoms with E-state index in [0.29, 0.717) is 5.69 Å². The van der Waals surface area contributed by atoms with Crippen molar-refractivity contribution in [2.24, 2.45) is 5.73 Å². The highest BCUT2D eigenvalue weighted by Crippen LogP contribution is 2.18. The first-order valence-electron chi connectivity index (χ1n) is 5.36. The highest BCUT2D eigenvalue weighted by molar-refractivity contribution is 6.08. The Hall–Kier alpha value is -2.40. The number of hydrogen-bond acceptors (Lipinski definition) is 3. The van der Waals surface area contributed by atoms with Gasteiger partial charge in [0.2, 0.25) is 0 Å². The minimum atomic E-state index is -1.56. The van der Waals surface area contributed by atoms with Gasteiger partial charge >= 0.3 is 5.97 Å². The molecule has 92 valence electrons. The van der Waals surface area contributed by atoms with Crippen molar-refractivity contribution in [3.05, 3.63) is 42.5 Å². The molecule has 0 bridgehead atoms. The molecule has 18 heavy (non-hydrogen) atoms. The van der Waals surface area contributed by atoms with Crippen molar-refractivity contribution in [1.29, 1.82) is 0 Å². The van der Waals surface area contributed by atoms with Crippen LogP contribution in [0.1, 0.15) is 0 Å². The summed E-state index contributed by atoms with van der Waals surface area (Å²) in [5, 5.41) is 13.1. The van der Waals surface area contributed by atoms with E-state index < -0.39 is 17.9 Å². The van der Waals surface area contributed by atoms with Crippen LogP contribution in [0.5, 0.6) is 0 Å². The summed E-state index contributed by atoms with van der Waals surface area (Å²) in [5.74, 6) is -2.09. The predicted molar refractivity (Wildman–Crippen MR) is 68.2 cm³/mol. The molecule has 0 radical (unpaired) electrons. The summed E-state index contributed by atoms with van der Waals surface area (Å²) in [6, 6.07) is 11.4. The molecule has 1 atom stereocenters. The van der Waals surface area contributed by atoms with Gasteiger partial charge in [-0.3, -0.25) is 4.79 Å². The van der Waals surface area contributed by atoms with Gasteiger partial charge in [-0.05, 0) is 22.9 Å². The van der Waals surface area contributed by atoms with E-state index in [1.165, 1.54) is 0 Å². The number of aliphatic carboxylic acids is 1. The zero-order valence-electron chi connectivity index (χ0n) is 9.46. The number of amides is 1. The van der Waals surface area contributed by atoms with E-state index in [0.717, 1.165) is 10.8 Å². The third-order valence-electron chi connectivity index (χ3n) is 2.57. The molecule has 2 rings (SSSR count). The summed E-state index contributed by atoms with van der Waals surface area (Å²) in [6.45, 7) is 0. The molecule has 0 aliphatic rings. The summed E-state index contributed by atoms with van der Waals surface area (Å²) in [7, 11) is 0. The molecule has 0 heterocycles. The van der Waals surface area contributed by atoms with E-state index in [1.807, 2.05) is 30.3 Å². The van der Waals surface area contributed by atoms with Gasteiger partial charge in [0, 0.05) is 5.69 Å². The van der Waals surface area contributed by atoms with Crippen LogP contribution in [-0.4, -0.2) is 23.0 Å². The van der Waals surface area contributed by atoms with Gasteiger partial charge in [-0.1, -0.05) is 30.3 Å². The molecule has 2 aromatic carbocycles. The summed E-state index contributed by atoms with van der Waals surface area (Å²) in [6.07, 6.45) is 0. The number of anilines is 1. The lowest BCUT2D eigenvalue weighted by Gasteiger charge is -2.09. The van der Waals surface area contributed by atoms with Crippen LogP contribution in [0.3, 0.4) is 0 Å². The van der Waals surface area contributed by atoms with Gasteiger partial charge < -0.3 is 16.2 Å². The predicted octanol–water partition coefficient (Wildman–Crippen LogP) is 1.19. The molecule has 0 aliphatic heterocycles. The van der Waals surface area contributed by atoms with Crippen molar-refractivity contribution in [1.82, 2.24) is 0 Å². The number of rotatable bonds is 3. The highest BCUT2D eigenvalue weighted by Gasteiger charge is 2.20. The van der Waals surface area contributed by atoms with Gasteiger partial charge in [-0.15, -0.1) is 0 Å². The third-order valence-corrected chi connectivity index (χ3v) is 2.57. The van der Waals surface area contributed by atoms with E-state index in [1.54, 1.807) is 12.1 Å². The Kier molecular flexibility index (Phi) is 3.25. The molecule has 5 heteroatoms. The lowest BCUT2D eigenvalue weighted by molar-refractivity contribution is -0.141. The maximum absolute atomic E-state index is 11.5. The molecule has 0 fully saturated rings. The SMILES string of the molecule is NC(C(=O)O)C(=O)Nc1ccc2ccccc2c1. The van der Waals surface area contributed by atoms with Crippen LogP contribution < -0.4 is 11.1 Å². The van der Waals surface area contributed by atoms with Crippen LogP contribution >= 0.6 is 0 Å². The lowest BCUT2D eigenvalue weighted by atomic mass is 10.1. The fourth-order valence-electron chi connectivity index (χ4n) is 1.60. The van der Waals surface area contributed by atoms with Crippen LogP contribution in [-0.2, 0) is 9.59 Å². The molecule has 0 saturated carbocycles. The van der Waals surface area contributed by atoms with E-state index >= 15 is 0 Å². The zero-order valence-corrected chi connectivity index (χ0v) is 9.46. The minimum Gasteiger partial charge on any atom is -0.480 e. The topological polar surface area (TPSA) is 92.4 Å². The molecule has 4 N–H and O–H groups in total. The third kappa shape index (κ3) is 2.46. The monoisotopic (exact) mass is 244 g/mol. The number of carboxylic acid groups (broad SMARTS) is 1. The lowest BCUT2D eigenvalue weighted by Crippen LogP contribution is -2.42. The van der Waals surface area contributed by atoms with E-state index in [9.17, 15) is 9.59 Å². The van der Waals surface area contributed by atoms with Crippen LogP contribution in [0, 0.1) is 0 Å². The quantitative estimate of drug-likeness (QED) is 0.707. The summed E-state index contributed by atoms with van der Waals surface area (Å²) in [4.78, 5) is 22.0. The molecule has 5 nitrogen and oxygen atoms in total. The van der Waals surface area contributed by atoms with Crippen molar-refractivity contribution in [3.8, 4) is 0 Å². The standard InChI is InChI=1S/C13H12N2O3/c14-11(13(17)18)12(16)15-10-6-5-8-3-1-2-4-9(8)7-10/h1-7,11H,14H2,(H,15,16)(H,17,18). The Morgan fingerprint density at radius 1 is 1.11 bits per heavy atom. The van der Waals surface area contributed by atoms with Gasteiger partial charge in [0.15, 0.2) is 6.04 Å². The number of fused-ring (bicyclic) bond motifs is 1. The number of benzene rings is 2. The highest BCUT2D eigenvalue weighted by atomic mass is 16.4. The maximum atomic E-state index is 11.5. The van der Waals surface area contributed by atoms with Gasteiger partial charge in [-0.2, -0.15) is 0 Å². The first-order valence-corrected chi connectivity index (χ1v) is 5.36. The second-order valence-corrected chi connectivity index (χ2v) is 3.87. The smallest absolute Gasteiger partial charge is 0.330 e. The van der Waals surface area contributed by atoms with Crippen molar-refractivity contribution in [2.45, 2.75) is 6.04 Å². The normalized spacial score (nSPS) is 12.1. The zero-order chi connectivity index (χ0) is 13.1. The fraction of sp³-hybridized carbons (Fsp3) is 0.0769. The Bertz CT molecular complexity index is 610. The fourth-order valence-corrected chi connectivity index (χ4v) is 1.60. The molecule has 1 amide bonds. The Balaban J connectivity index is 2.22. The van der Waals surface area contributed by atoms with Crippen LogP contribution in [0.4, 0.5) is 5.69 Å². The molecular formula is C13H12N2O3. The van der Waals surface area contributed by atoms with Gasteiger partial charge in [0.05, 0.1) is 0 Å². The van der Waals surface area contributed by atoms with Crippen molar-refractivity contribution in [2.75, 3.05) is 5.32 Å². The number of nitrogens with two attached hydrogens (primary N) is 1. The van der Waals surface area contributed by atoms with Gasteiger partial charge in [0.25, 0.3) is 5.91 Å². The average molecular weight is 244 g/mol. The molecule has 1 unspecified atom stereocenters. The van der Waals surface area contributed by atoms with E-state index in [4.69, 9.17) is 10.8 Å². The van der Waals surface area contributed by atoms with E-state index in [-0.39, 0.29) is 0 Å². The summed E-state index contributed by atoms with van der Waals surface area (Å²) in [5.41, 5.74) is 5.73. The molecule has 0 spiro atoms. The Morgan fingerprint density at radius 2 is 1.78 bits per heavy atom. The molecular weight excluding hydrogens is 232 g/mol. The first kappa shape index (κ1) is 12.1. The molecule has 0 aliphatic carbocycles. The molecule has 2 aromatic rings. The number of carboxylic acids is 1. The Labute approximate surface area is 103 Å². The largest absolute Gasteiger partial charge is 0.480 e. The Morgan fingerprint density at radius 3 is 2.44 bits per heavy atom. The van der Waals surface area contributed by atoms with Gasteiger partial charge in [-0.25, -0.2) is 4.79 Å². The van der Waals surface area contributed by atoms with Gasteiger partial charge in [0.1, 0.15) is 0 Å². The van der Waals surface area contributed by atoms with Crippen LogP contribution in [0.25, 0.3) is 10.8 Å². The van der Waals surface area contributed by atoms with Crippen LogP contribution in [0.2, 0.25) is 0 Å². The second kappa shape index (κ2) is 4.85. The van der Waals surface area contributed by atoms with Crippen molar-refractivity contribution < 1.29 is 14.7 Å². The number of nitrogens with one attached hydrogen (secondary N) is 1. The maximum Gasteiger partial charge on any atom is 0.330 e. The first-order chi connectivity index (χ1) is 8.58. The summed E-state index contributed by atoms with van der Waals surface area (Å²) >= 11 is 0. The van der Waals surface area contributed by atoms with Crippen molar-refractivity contribution >= 4 is 28.3 Å². The average Bonchev–Trinajstić information content (AvgIpc) is 2.37. The number of hydrogen-bond donors (Lipinski definition) is 3. The van der Waals surface area contributed by atoms with Crippen molar-refractivity contribution in [3.63, 3.8) is 0 Å². The minimum absolute atomic E-state index is 0.524. The van der Waals surface area contributed by atoms with E-state index in [2.05, 4.69) is 5.32 Å². The molecule has 0 aromatic heterocycles. The number of carbonyl (C=O) groups is 2. The summed E-state index contributed by atoms with van der Waals surface area (Å²) < 4.78 is 0. The number of carbonyl (C=O) groups excluding carboxylic acids is 1. The van der Waals surface area contributed by atoms with Crippen LogP contribution in [0.15, 0.2) is 42.5 Å². The second-order valence-electron chi connectivity index (χ2n) is 3.87.